The molecular weight excluding hydrogens is 949 g/mol. The van der Waals surface area contributed by atoms with Gasteiger partial charge in [0.1, 0.15) is 29.8 Å². The molecule has 0 spiro atoms. The van der Waals surface area contributed by atoms with Crippen molar-refractivity contribution in [3.63, 3.8) is 0 Å². The molecule has 0 aliphatic carbocycles. The fourth-order valence-electron chi connectivity index (χ4n) is 10.9. The zero-order chi connectivity index (χ0) is 52.8. The van der Waals surface area contributed by atoms with Gasteiger partial charge in [-0.15, -0.1) is 0 Å². The Morgan fingerprint density at radius 2 is 1.47 bits per heavy atom. The summed E-state index contributed by atoms with van der Waals surface area (Å²) in [4.78, 5) is 126. The molecule has 20 heteroatoms. The standard InChI is InChI=1S/C54H68N10O10/c1-54(2,3)74-52(72)57-39-32-62(46(67)26-29-61-27-23-33(24-28-61)36-15-18-40-43(31-36)60(4)53(73)64(40)42-20-22-45(66)58-50(42)70)30-25-37-16-19-41(63(37)51(39)71)49(69)56-38(17-21-44(55)65)48(68)59-47(34-11-7-5-8-12-34)35-13-9-6-10-14-35/h5-15,18,31,33,37-39,41-42,47H,16-17,19-30,32H2,1-4H3,(H2,55,65)(H,56,69)(H,57,72)(H,59,68)(H,58,66,70)/t37-,38+,39+,41+,42?/m1/s1. The van der Waals surface area contributed by atoms with Gasteiger partial charge in [-0.05, 0) is 114 Å². The van der Waals surface area contributed by atoms with Crippen molar-refractivity contribution < 1.29 is 43.1 Å². The van der Waals surface area contributed by atoms with Gasteiger partial charge in [0.25, 0.3) is 0 Å². The molecule has 5 atom stereocenters. The smallest absolute Gasteiger partial charge is 0.408 e. The van der Waals surface area contributed by atoms with Crippen LogP contribution in [0.25, 0.3) is 11.0 Å². The summed E-state index contributed by atoms with van der Waals surface area (Å²) in [5.74, 6) is -3.16. The summed E-state index contributed by atoms with van der Waals surface area (Å²) < 4.78 is 8.58. The lowest BCUT2D eigenvalue weighted by atomic mass is 9.89. The number of nitrogens with one attached hydrogen (secondary N) is 4. The molecule has 20 nitrogen and oxygen atoms in total. The maximum absolute atomic E-state index is 14.8. The van der Waals surface area contributed by atoms with Crippen LogP contribution in [0.15, 0.2) is 83.7 Å². The number of fused-ring (bicyclic) bond motifs is 2. The predicted octanol–water partition coefficient (Wildman–Crippen LogP) is 3.03. The molecule has 74 heavy (non-hydrogen) atoms. The zero-order valence-electron chi connectivity index (χ0n) is 42.5. The minimum atomic E-state index is -1.26. The van der Waals surface area contributed by atoms with E-state index in [4.69, 9.17) is 10.5 Å². The van der Waals surface area contributed by atoms with Crippen LogP contribution in [0.4, 0.5) is 4.79 Å². The lowest BCUT2D eigenvalue weighted by Crippen LogP contribution is -2.62. The molecule has 0 saturated carbocycles. The largest absolute Gasteiger partial charge is 0.444 e. The first kappa shape index (κ1) is 53.0. The number of imide groups is 1. The predicted molar refractivity (Wildman–Crippen MR) is 273 cm³/mol. The monoisotopic (exact) mass is 1020 g/mol. The van der Waals surface area contributed by atoms with Crippen molar-refractivity contribution in [1.29, 1.82) is 0 Å². The maximum Gasteiger partial charge on any atom is 0.408 e. The number of piperidine rings is 2. The Hall–Kier alpha value is -7.35. The third kappa shape index (κ3) is 12.3. The van der Waals surface area contributed by atoms with Crippen molar-refractivity contribution in [2.75, 3.05) is 32.7 Å². The van der Waals surface area contributed by atoms with Crippen molar-refractivity contribution in [2.45, 2.75) is 133 Å². The summed E-state index contributed by atoms with van der Waals surface area (Å²) >= 11 is 0. The topological polar surface area (TPSA) is 257 Å². The molecule has 0 bridgehead atoms. The number of nitrogens with two attached hydrogens (primary N) is 1. The summed E-state index contributed by atoms with van der Waals surface area (Å²) in [6.45, 7) is 7.11. The van der Waals surface area contributed by atoms with E-state index in [0.717, 1.165) is 42.6 Å². The quantitative estimate of drug-likeness (QED) is 0.108. The molecule has 4 aliphatic heterocycles. The Morgan fingerprint density at radius 3 is 2.11 bits per heavy atom. The molecule has 4 saturated heterocycles. The molecule has 1 aromatic heterocycles. The van der Waals surface area contributed by atoms with Crippen molar-refractivity contribution in [3.05, 3.63) is 106 Å². The van der Waals surface area contributed by atoms with Crippen molar-refractivity contribution in [1.82, 2.24) is 45.1 Å². The molecule has 3 aromatic carbocycles. The highest BCUT2D eigenvalue weighted by molar-refractivity contribution is 6.00. The summed E-state index contributed by atoms with van der Waals surface area (Å²) in [6.07, 6.45) is 2.14. The third-order valence-corrected chi connectivity index (χ3v) is 14.7. The highest BCUT2D eigenvalue weighted by Crippen LogP contribution is 2.33. The van der Waals surface area contributed by atoms with E-state index in [1.807, 2.05) is 78.9 Å². The number of nitrogens with zero attached hydrogens (tertiary/aromatic N) is 5. The Morgan fingerprint density at radius 1 is 0.797 bits per heavy atom. The van der Waals surface area contributed by atoms with Crippen LogP contribution in [-0.4, -0.2) is 134 Å². The fraction of sp³-hybridized carbons (Fsp3) is 0.500. The van der Waals surface area contributed by atoms with Crippen molar-refractivity contribution >= 4 is 58.5 Å². The molecule has 4 fully saturated rings. The van der Waals surface area contributed by atoms with Crippen LogP contribution in [0.3, 0.4) is 0 Å². The number of aromatic nitrogens is 2. The summed E-state index contributed by atoms with van der Waals surface area (Å²) in [6, 6.07) is 19.3. The highest BCUT2D eigenvalue weighted by atomic mass is 16.6. The Kier molecular flexibility index (Phi) is 16.3. The number of hydrogen-bond acceptors (Lipinski definition) is 11. The third-order valence-electron chi connectivity index (χ3n) is 14.7. The number of hydrogen-bond donors (Lipinski definition) is 5. The number of imidazole rings is 1. The number of primary amides is 1. The lowest BCUT2D eigenvalue weighted by Gasteiger charge is -2.39. The number of likely N-dealkylation sites (tertiary alicyclic amines) is 1. The van der Waals surface area contributed by atoms with Gasteiger partial charge in [0.2, 0.25) is 41.4 Å². The van der Waals surface area contributed by atoms with Gasteiger partial charge in [0, 0.05) is 45.4 Å². The highest BCUT2D eigenvalue weighted by Gasteiger charge is 2.46. The second-order valence-electron chi connectivity index (χ2n) is 20.9. The van der Waals surface area contributed by atoms with E-state index in [-0.39, 0.29) is 75.0 Å². The number of aryl methyl sites for hydroxylation is 1. The van der Waals surface area contributed by atoms with Crippen LogP contribution in [0.2, 0.25) is 0 Å². The summed E-state index contributed by atoms with van der Waals surface area (Å²) in [5.41, 5.74) is 8.33. The second kappa shape index (κ2) is 22.8. The Balaban J connectivity index is 0.915. The molecule has 8 amide bonds. The minimum Gasteiger partial charge on any atom is -0.444 e. The van der Waals surface area contributed by atoms with E-state index >= 15 is 0 Å². The van der Waals surface area contributed by atoms with Gasteiger partial charge >= 0.3 is 11.8 Å². The summed E-state index contributed by atoms with van der Waals surface area (Å²) in [7, 11) is 1.68. The maximum atomic E-state index is 14.8. The van der Waals surface area contributed by atoms with Gasteiger partial charge in [-0.2, -0.15) is 0 Å². The van der Waals surface area contributed by atoms with E-state index in [1.54, 1.807) is 32.7 Å². The van der Waals surface area contributed by atoms with Crippen molar-refractivity contribution in [3.8, 4) is 0 Å². The van der Waals surface area contributed by atoms with Crippen LogP contribution in [0.5, 0.6) is 0 Å². The minimum absolute atomic E-state index is 0.0878. The van der Waals surface area contributed by atoms with Gasteiger partial charge in [-0.25, -0.2) is 9.59 Å². The van der Waals surface area contributed by atoms with Gasteiger partial charge < -0.3 is 41.1 Å². The van der Waals surface area contributed by atoms with Crippen LogP contribution in [-0.2, 0) is 45.3 Å². The van der Waals surface area contributed by atoms with Crippen molar-refractivity contribution in [2.24, 2.45) is 12.8 Å². The number of rotatable bonds is 15. The first-order valence-electron chi connectivity index (χ1n) is 25.7. The van der Waals surface area contributed by atoms with Crippen LogP contribution in [0.1, 0.15) is 120 Å². The molecule has 6 N–H and O–H groups in total. The molecule has 1 unspecified atom stereocenters. The van der Waals surface area contributed by atoms with E-state index in [9.17, 15) is 43.2 Å². The molecule has 8 rings (SSSR count). The SMILES string of the molecule is Cn1c(=O)n(C2CCC(=O)NC2=O)c2ccc(C3CCN(CCC(=O)N4CC[C@H]5CC[C@@H](C(=O)N[C@@H](CCC(N)=O)C(=O)NC(c6ccccc6)c6ccccc6)N5C(=O)[C@@H](NC(=O)OC(C)(C)C)C4)CC3)cc21. The number of amides is 8. The number of ether oxygens (including phenoxy) is 1. The number of carbonyl (C=O) groups excluding carboxylic acids is 8. The van der Waals surface area contributed by atoms with E-state index in [0.29, 0.717) is 30.4 Å². The Labute approximate surface area is 429 Å². The van der Waals surface area contributed by atoms with E-state index in [1.165, 1.54) is 14.0 Å². The number of carbonyl (C=O) groups is 8. The van der Waals surface area contributed by atoms with Gasteiger partial charge in [-0.1, -0.05) is 66.7 Å². The van der Waals surface area contributed by atoms with Gasteiger partial charge in [-0.3, -0.25) is 48.0 Å². The Bertz CT molecular complexity index is 2780. The number of alkyl carbamates (subject to hydrolysis) is 1. The first-order chi connectivity index (χ1) is 35.3. The normalized spacial score (nSPS) is 21.3. The van der Waals surface area contributed by atoms with E-state index < -0.39 is 77.5 Å². The molecule has 5 heterocycles. The van der Waals surface area contributed by atoms with Crippen LogP contribution < -0.4 is 32.7 Å². The first-order valence-corrected chi connectivity index (χ1v) is 25.7. The van der Waals surface area contributed by atoms with Gasteiger partial charge in [0.05, 0.1) is 23.6 Å². The molecular formula is C54H68N10O10. The average Bonchev–Trinajstić information content (AvgIpc) is 3.90. The molecule has 4 aliphatic rings. The summed E-state index contributed by atoms with van der Waals surface area (Å²) in [5, 5.41) is 11.0. The van der Waals surface area contributed by atoms with Crippen LogP contribution in [0, 0.1) is 0 Å². The second-order valence-corrected chi connectivity index (χ2v) is 20.9. The number of benzene rings is 3. The molecule has 394 valence electrons. The van der Waals surface area contributed by atoms with E-state index in [2.05, 4.69) is 26.2 Å². The fourth-order valence-corrected chi connectivity index (χ4v) is 10.9. The van der Waals surface area contributed by atoms with Gasteiger partial charge in [0.15, 0.2) is 0 Å². The zero-order valence-corrected chi connectivity index (χ0v) is 42.5. The van der Waals surface area contributed by atoms with Crippen LogP contribution >= 0.6 is 0 Å². The lowest BCUT2D eigenvalue weighted by molar-refractivity contribution is -0.146. The average molecular weight is 1020 g/mol. The molecule has 4 aromatic rings. The molecule has 0 radical (unpaired) electrons.